The molecule has 6 rings (SSSR count). The smallest absolute Gasteiger partial charge is 0.257 e. The van der Waals surface area contributed by atoms with Gasteiger partial charge in [-0.1, -0.05) is 72.8 Å². The van der Waals surface area contributed by atoms with Crippen LogP contribution in [0.5, 0.6) is 0 Å². The first-order valence-electron chi connectivity index (χ1n) is 12.8. The molecular formula is C32H28N4O2. The summed E-state index contributed by atoms with van der Waals surface area (Å²) < 4.78 is 0. The molecule has 4 aromatic rings. The highest BCUT2D eigenvalue weighted by atomic mass is 16.2. The van der Waals surface area contributed by atoms with E-state index in [0.717, 1.165) is 46.2 Å². The number of carbonyl (C=O) groups excluding carboxylic acids is 2. The zero-order valence-corrected chi connectivity index (χ0v) is 20.9. The Morgan fingerprint density at radius 2 is 0.868 bits per heavy atom. The third-order valence-corrected chi connectivity index (χ3v) is 7.22. The first-order valence-corrected chi connectivity index (χ1v) is 12.8. The van der Waals surface area contributed by atoms with E-state index in [-0.39, 0.29) is 11.8 Å². The summed E-state index contributed by atoms with van der Waals surface area (Å²) in [6.07, 6.45) is 1.67. The van der Waals surface area contributed by atoms with E-state index in [0.29, 0.717) is 35.6 Å². The van der Waals surface area contributed by atoms with Crippen LogP contribution in [0, 0.1) is 0 Å². The van der Waals surface area contributed by atoms with E-state index in [1.54, 1.807) is 0 Å². The maximum absolute atomic E-state index is 13.1. The van der Waals surface area contributed by atoms with E-state index < -0.39 is 0 Å². The quantitative estimate of drug-likeness (QED) is 0.284. The molecule has 188 valence electrons. The van der Waals surface area contributed by atoms with Crippen LogP contribution in [0.2, 0.25) is 0 Å². The molecular weight excluding hydrogens is 472 g/mol. The molecule has 0 radical (unpaired) electrons. The van der Waals surface area contributed by atoms with Crippen molar-refractivity contribution in [3.8, 4) is 22.3 Å². The number of fused-ring (bicyclic) bond motifs is 2. The van der Waals surface area contributed by atoms with Crippen molar-refractivity contribution in [2.24, 2.45) is 11.5 Å². The molecule has 6 nitrogen and oxygen atoms in total. The molecule has 6 N–H and O–H groups in total. The van der Waals surface area contributed by atoms with Gasteiger partial charge in [-0.25, -0.2) is 0 Å². The third kappa shape index (κ3) is 4.20. The summed E-state index contributed by atoms with van der Waals surface area (Å²) in [5, 5.41) is 5.94. The van der Waals surface area contributed by atoms with E-state index in [4.69, 9.17) is 11.5 Å². The zero-order valence-electron chi connectivity index (χ0n) is 20.9. The Balaban J connectivity index is 1.35. The maximum atomic E-state index is 13.1. The highest BCUT2D eigenvalue weighted by molar-refractivity contribution is 6.49. The van der Waals surface area contributed by atoms with E-state index in [9.17, 15) is 9.59 Å². The standard InChI is InChI=1S/C32H28N4O2/c33-15-13-19-1-5-21(6-2-19)23-9-11-25-27(17-23)35-31(37)29(25)30-26-12-10-24(18-28(26)36-32(30)38)22-7-3-20(4-8-22)14-16-34/h1-12,17-18H,13-16,33-34H2,(H,35,37)(H,36,38)/b30-29+. The molecule has 0 saturated carbocycles. The van der Waals surface area contributed by atoms with Crippen molar-refractivity contribution in [2.45, 2.75) is 12.8 Å². The molecule has 0 unspecified atom stereocenters. The lowest BCUT2D eigenvalue weighted by Gasteiger charge is -2.08. The summed E-state index contributed by atoms with van der Waals surface area (Å²) >= 11 is 0. The first kappa shape index (κ1) is 23.9. The van der Waals surface area contributed by atoms with Crippen LogP contribution in [0.25, 0.3) is 33.4 Å². The van der Waals surface area contributed by atoms with E-state index in [1.165, 1.54) is 11.1 Å². The normalized spacial score (nSPS) is 15.7. The summed E-state index contributed by atoms with van der Waals surface area (Å²) in [7, 11) is 0. The number of rotatable bonds is 6. The Bertz CT molecular complexity index is 1480. The fourth-order valence-electron chi connectivity index (χ4n) is 5.26. The van der Waals surface area contributed by atoms with Gasteiger partial charge in [-0.3, -0.25) is 9.59 Å². The Morgan fingerprint density at radius 1 is 0.500 bits per heavy atom. The van der Waals surface area contributed by atoms with E-state index in [2.05, 4.69) is 59.2 Å². The summed E-state index contributed by atoms with van der Waals surface area (Å²) in [5.74, 6) is -0.541. The van der Waals surface area contributed by atoms with Crippen LogP contribution in [-0.4, -0.2) is 24.9 Å². The van der Waals surface area contributed by atoms with Gasteiger partial charge in [-0.2, -0.15) is 0 Å². The monoisotopic (exact) mass is 500 g/mol. The van der Waals surface area contributed by atoms with Crippen molar-refractivity contribution in [1.82, 2.24) is 0 Å². The van der Waals surface area contributed by atoms with Crippen LogP contribution >= 0.6 is 0 Å². The summed E-state index contributed by atoms with van der Waals surface area (Å²) in [5.41, 5.74) is 21.5. The van der Waals surface area contributed by atoms with Crippen molar-refractivity contribution >= 4 is 34.3 Å². The van der Waals surface area contributed by atoms with Gasteiger partial charge in [0.1, 0.15) is 0 Å². The van der Waals surface area contributed by atoms with Crippen molar-refractivity contribution in [3.05, 3.63) is 107 Å². The molecule has 2 amide bonds. The van der Waals surface area contributed by atoms with Gasteiger partial charge in [-0.15, -0.1) is 0 Å². The zero-order chi connectivity index (χ0) is 26.2. The average Bonchev–Trinajstić information content (AvgIpc) is 3.43. The molecule has 0 saturated heterocycles. The fourth-order valence-corrected chi connectivity index (χ4v) is 5.26. The molecule has 0 bridgehead atoms. The predicted octanol–water partition coefficient (Wildman–Crippen LogP) is 4.84. The number of hydrogen-bond acceptors (Lipinski definition) is 4. The second-order valence-electron chi connectivity index (χ2n) is 9.65. The summed E-state index contributed by atoms with van der Waals surface area (Å²) in [4.78, 5) is 26.3. The number of hydrogen-bond donors (Lipinski definition) is 4. The number of carbonyl (C=O) groups is 2. The Morgan fingerprint density at radius 3 is 1.24 bits per heavy atom. The molecule has 2 heterocycles. The number of nitrogens with one attached hydrogen (secondary N) is 2. The molecule has 0 spiro atoms. The fraction of sp³-hybridized carbons (Fsp3) is 0.125. The Labute approximate surface area is 221 Å². The topological polar surface area (TPSA) is 110 Å². The highest BCUT2D eigenvalue weighted by Gasteiger charge is 2.35. The van der Waals surface area contributed by atoms with E-state index in [1.807, 2.05) is 36.4 Å². The number of amides is 2. The van der Waals surface area contributed by atoms with Crippen LogP contribution in [0.1, 0.15) is 22.3 Å². The number of anilines is 2. The summed E-state index contributed by atoms with van der Waals surface area (Å²) in [6, 6.07) is 28.3. The van der Waals surface area contributed by atoms with Crippen LogP contribution in [-0.2, 0) is 22.4 Å². The SMILES string of the molecule is NCCc1ccc(-c2ccc3c(c2)NC(=O)/C3=C2/C(=O)Nc3cc(-c4ccc(CCN)cc4)ccc32)cc1. The first-order chi connectivity index (χ1) is 18.6. The molecule has 0 aromatic heterocycles. The van der Waals surface area contributed by atoms with Gasteiger partial charge < -0.3 is 22.1 Å². The van der Waals surface area contributed by atoms with Crippen molar-refractivity contribution in [3.63, 3.8) is 0 Å². The van der Waals surface area contributed by atoms with Gasteiger partial charge in [0.2, 0.25) is 0 Å². The minimum absolute atomic E-state index is 0.270. The molecule has 2 aliphatic rings. The molecule has 2 aliphatic heterocycles. The average molecular weight is 501 g/mol. The molecule has 0 aliphatic carbocycles. The molecule has 0 fully saturated rings. The Kier molecular flexibility index (Phi) is 6.12. The number of nitrogens with two attached hydrogens (primary N) is 2. The van der Waals surface area contributed by atoms with Crippen LogP contribution < -0.4 is 22.1 Å². The molecule has 38 heavy (non-hydrogen) atoms. The van der Waals surface area contributed by atoms with Crippen LogP contribution in [0.3, 0.4) is 0 Å². The minimum Gasteiger partial charge on any atom is -0.330 e. The Hall–Kier alpha value is -4.52. The van der Waals surface area contributed by atoms with Gasteiger partial charge in [0, 0.05) is 22.5 Å². The van der Waals surface area contributed by atoms with Gasteiger partial charge >= 0.3 is 0 Å². The predicted molar refractivity (Wildman–Crippen MR) is 153 cm³/mol. The summed E-state index contributed by atoms with van der Waals surface area (Å²) in [6.45, 7) is 1.23. The van der Waals surface area contributed by atoms with Crippen molar-refractivity contribution in [1.29, 1.82) is 0 Å². The lowest BCUT2D eigenvalue weighted by atomic mass is 9.93. The van der Waals surface area contributed by atoms with Gasteiger partial charge in [0.05, 0.1) is 11.1 Å². The lowest BCUT2D eigenvalue weighted by molar-refractivity contribution is -0.112. The highest BCUT2D eigenvalue weighted by Crippen LogP contribution is 2.44. The van der Waals surface area contributed by atoms with Crippen LogP contribution in [0.4, 0.5) is 11.4 Å². The van der Waals surface area contributed by atoms with Crippen LogP contribution in [0.15, 0.2) is 84.9 Å². The number of benzene rings is 4. The second kappa shape index (κ2) is 9.74. The third-order valence-electron chi connectivity index (χ3n) is 7.22. The molecule has 0 atom stereocenters. The largest absolute Gasteiger partial charge is 0.330 e. The van der Waals surface area contributed by atoms with E-state index >= 15 is 0 Å². The van der Waals surface area contributed by atoms with Gasteiger partial charge in [-0.05, 0) is 71.4 Å². The second-order valence-corrected chi connectivity index (χ2v) is 9.65. The molecule has 6 heteroatoms. The molecule has 4 aromatic carbocycles. The van der Waals surface area contributed by atoms with Gasteiger partial charge in [0.25, 0.3) is 11.8 Å². The van der Waals surface area contributed by atoms with Crippen molar-refractivity contribution in [2.75, 3.05) is 23.7 Å². The van der Waals surface area contributed by atoms with Crippen molar-refractivity contribution < 1.29 is 9.59 Å². The maximum Gasteiger partial charge on any atom is 0.257 e. The van der Waals surface area contributed by atoms with Gasteiger partial charge in [0.15, 0.2) is 0 Å². The lowest BCUT2D eigenvalue weighted by Crippen LogP contribution is -2.10. The minimum atomic E-state index is -0.270.